The minimum absolute atomic E-state index is 0.256. The first-order valence-electron chi connectivity index (χ1n) is 5.15. The van der Waals surface area contributed by atoms with Crippen LogP contribution in [0, 0.1) is 6.92 Å². The molecular formula is C11H18N2O2S. The predicted molar refractivity (Wildman–Crippen MR) is 66.0 cm³/mol. The van der Waals surface area contributed by atoms with Gasteiger partial charge in [0, 0.05) is 13.1 Å². The van der Waals surface area contributed by atoms with E-state index in [9.17, 15) is 9.00 Å². The third kappa shape index (κ3) is 5.60. The average Bonchev–Trinajstić information content (AvgIpc) is 2.23. The maximum Gasteiger partial charge on any atom is 0.228 e. The van der Waals surface area contributed by atoms with Crippen LogP contribution in [0.2, 0.25) is 0 Å². The normalized spacial score (nSPS) is 11.0. The lowest BCUT2D eigenvalue weighted by Crippen LogP contribution is -2.24. The summed E-state index contributed by atoms with van der Waals surface area (Å²) in [6.45, 7) is 7.23. The highest BCUT2D eigenvalue weighted by Gasteiger charge is 2.05. The van der Waals surface area contributed by atoms with E-state index in [2.05, 4.69) is 9.71 Å². The molecule has 0 aliphatic carbocycles. The first-order valence-corrected chi connectivity index (χ1v) is 6.47. The zero-order chi connectivity index (χ0) is 12.6. The highest BCUT2D eigenvalue weighted by molar-refractivity contribution is 7.82. The quantitative estimate of drug-likeness (QED) is 0.878. The van der Waals surface area contributed by atoms with Crippen molar-refractivity contribution in [3.8, 4) is 0 Å². The van der Waals surface area contributed by atoms with Gasteiger partial charge in [0.1, 0.15) is 11.0 Å². The van der Waals surface area contributed by atoms with E-state index in [0.29, 0.717) is 0 Å². The molecule has 1 rings (SSSR count). The third-order valence-corrected chi connectivity index (χ3v) is 2.69. The molecule has 0 bridgehead atoms. The molecule has 4 nitrogen and oxygen atoms in total. The Balaban J connectivity index is 0.00000106. The number of aromatic nitrogens is 1. The second-order valence-electron chi connectivity index (χ2n) is 2.92. The van der Waals surface area contributed by atoms with Crippen molar-refractivity contribution < 1.29 is 9.00 Å². The molecule has 1 aromatic rings. The number of nitrogens with one attached hydrogen (secondary N) is 1. The van der Waals surface area contributed by atoms with Gasteiger partial charge in [0.2, 0.25) is 5.91 Å². The summed E-state index contributed by atoms with van der Waals surface area (Å²) in [4.78, 5) is 14.7. The highest BCUT2D eigenvalue weighted by Crippen LogP contribution is 2.04. The predicted octanol–water partition coefficient (Wildman–Crippen LogP) is 1.72. The Morgan fingerprint density at radius 2 is 2.12 bits per heavy atom. The fourth-order valence-corrected chi connectivity index (χ4v) is 1.93. The van der Waals surface area contributed by atoms with Crippen LogP contribution in [0.5, 0.6) is 0 Å². The molecule has 0 radical (unpaired) electrons. The van der Waals surface area contributed by atoms with Crippen LogP contribution in [0.25, 0.3) is 0 Å². The zero-order valence-corrected chi connectivity index (χ0v) is 10.9. The van der Waals surface area contributed by atoms with E-state index in [-0.39, 0.29) is 11.7 Å². The van der Waals surface area contributed by atoms with Crippen molar-refractivity contribution in [2.75, 3.05) is 0 Å². The minimum atomic E-state index is -1.37. The van der Waals surface area contributed by atoms with Gasteiger partial charge < -0.3 is 0 Å². The molecule has 1 atom stereocenters. The van der Waals surface area contributed by atoms with Crippen LogP contribution >= 0.6 is 0 Å². The van der Waals surface area contributed by atoms with Crippen LogP contribution in [0.1, 0.15) is 32.0 Å². The van der Waals surface area contributed by atoms with Crippen LogP contribution in [-0.4, -0.2) is 15.1 Å². The van der Waals surface area contributed by atoms with Crippen molar-refractivity contribution in [1.29, 1.82) is 0 Å². The lowest BCUT2D eigenvalue weighted by atomic mass is 10.2. The number of aryl methyl sites for hydroxylation is 1. The van der Waals surface area contributed by atoms with Crippen molar-refractivity contribution >= 4 is 16.9 Å². The lowest BCUT2D eigenvalue weighted by Gasteiger charge is -2.04. The van der Waals surface area contributed by atoms with E-state index in [1.54, 1.807) is 6.20 Å². The molecule has 1 unspecified atom stereocenters. The number of amides is 1. The number of pyridine rings is 1. The number of carbonyl (C=O) groups excluding carboxylic acids is 1. The van der Waals surface area contributed by atoms with E-state index in [1.807, 2.05) is 32.9 Å². The van der Waals surface area contributed by atoms with Crippen molar-refractivity contribution in [2.24, 2.45) is 0 Å². The topological polar surface area (TPSA) is 59.1 Å². The summed E-state index contributed by atoms with van der Waals surface area (Å²) in [6.07, 6.45) is 1.65. The summed E-state index contributed by atoms with van der Waals surface area (Å²) in [5.41, 5.74) is 1.73. The molecule has 0 saturated carbocycles. The van der Waals surface area contributed by atoms with Crippen LogP contribution in [-0.2, 0) is 21.5 Å². The van der Waals surface area contributed by atoms with Crippen LogP contribution < -0.4 is 4.72 Å². The Labute approximate surface area is 99.1 Å². The molecule has 0 aliphatic heterocycles. The summed E-state index contributed by atoms with van der Waals surface area (Å²) in [7, 11) is -1.37. The Morgan fingerprint density at radius 1 is 1.50 bits per heavy atom. The maximum atomic E-state index is 11.3. The third-order valence-electron chi connectivity index (χ3n) is 1.64. The van der Waals surface area contributed by atoms with Crippen molar-refractivity contribution in [1.82, 2.24) is 9.71 Å². The molecule has 1 amide bonds. The zero-order valence-electron chi connectivity index (χ0n) is 10.1. The Bertz CT molecular complexity index is 367. The number of hydrogen-bond donors (Lipinski definition) is 1. The van der Waals surface area contributed by atoms with Gasteiger partial charge in [0.25, 0.3) is 0 Å². The fraction of sp³-hybridized carbons (Fsp3) is 0.455. The number of nitrogens with zero attached hydrogens (tertiary/aromatic N) is 1. The lowest BCUT2D eigenvalue weighted by molar-refractivity contribution is -0.117. The summed E-state index contributed by atoms with van der Waals surface area (Å²) >= 11 is 0. The molecule has 0 saturated heterocycles. The number of rotatable bonds is 3. The van der Waals surface area contributed by atoms with Crippen LogP contribution in [0.15, 0.2) is 18.3 Å². The first kappa shape index (κ1) is 14.8. The Hall–Kier alpha value is -1.23. The molecule has 1 heterocycles. The number of carbonyl (C=O) groups is 1. The highest BCUT2D eigenvalue weighted by atomic mass is 32.2. The molecule has 0 aliphatic rings. The largest absolute Gasteiger partial charge is 0.275 e. The van der Waals surface area contributed by atoms with Gasteiger partial charge in [0.15, 0.2) is 0 Å². The van der Waals surface area contributed by atoms with Gasteiger partial charge in [0.05, 0.1) is 11.4 Å². The maximum absolute atomic E-state index is 11.3. The van der Waals surface area contributed by atoms with Crippen LogP contribution in [0.3, 0.4) is 0 Å². The van der Waals surface area contributed by atoms with E-state index in [1.165, 1.54) is 6.92 Å². The SMILES string of the molecule is CC.CC(=O)NS(=O)Cc1ncccc1C. The fourth-order valence-electron chi connectivity index (χ4n) is 0.990. The molecule has 16 heavy (non-hydrogen) atoms. The molecule has 5 heteroatoms. The summed E-state index contributed by atoms with van der Waals surface area (Å²) in [5.74, 6) is -0.0383. The smallest absolute Gasteiger partial charge is 0.228 e. The van der Waals surface area contributed by atoms with Gasteiger partial charge in [-0.1, -0.05) is 19.9 Å². The molecule has 90 valence electrons. The molecule has 0 aromatic carbocycles. The summed E-state index contributed by atoms with van der Waals surface area (Å²) < 4.78 is 13.6. The molecule has 0 spiro atoms. The number of hydrogen-bond acceptors (Lipinski definition) is 3. The monoisotopic (exact) mass is 242 g/mol. The molecule has 1 N–H and O–H groups in total. The summed E-state index contributed by atoms with van der Waals surface area (Å²) in [5, 5.41) is 0. The summed E-state index contributed by atoms with van der Waals surface area (Å²) in [6, 6.07) is 3.72. The van der Waals surface area contributed by atoms with Crippen LogP contribution in [0.4, 0.5) is 0 Å². The standard InChI is InChI=1S/C9H12N2O2S.C2H6/c1-7-4-3-5-10-9(7)6-14(13)11-8(2)12;1-2/h3-5H,6H2,1-2H3,(H,11,12);1-2H3. The minimum Gasteiger partial charge on any atom is -0.275 e. The first-order chi connectivity index (χ1) is 7.59. The van der Waals surface area contributed by atoms with Gasteiger partial charge in [-0.2, -0.15) is 0 Å². The Morgan fingerprint density at radius 3 is 2.62 bits per heavy atom. The molecule has 0 fully saturated rings. The Kier molecular flexibility index (Phi) is 7.37. The van der Waals surface area contributed by atoms with E-state index >= 15 is 0 Å². The van der Waals surface area contributed by atoms with Gasteiger partial charge in [-0.3, -0.25) is 14.5 Å². The van der Waals surface area contributed by atoms with Gasteiger partial charge in [-0.05, 0) is 18.6 Å². The second kappa shape index (κ2) is 7.98. The average molecular weight is 242 g/mol. The van der Waals surface area contributed by atoms with Gasteiger partial charge in [-0.15, -0.1) is 0 Å². The van der Waals surface area contributed by atoms with Crippen molar-refractivity contribution in [3.05, 3.63) is 29.6 Å². The van der Waals surface area contributed by atoms with E-state index in [4.69, 9.17) is 0 Å². The van der Waals surface area contributed by atoms with Crippen molar-refractivity contribution in [3.63, 3.8) is 0 Å². The second-order valence-corrected chi connectivity index (χ2v) is 4.10. The molecular weight excluding hydrogens is 224 g/mol. The molecule has 1 aromatic heterocycles. The van der Waals surface area contributed by atoms with Gasteiger partial charge in [-0.25, -0.2) is 4.21 Å². The van der Waals surface area contributed by atoms with E-state index in [0.717, 1.165) is 11.3 Å². The van der Waals surface area contributed by atoms with Gasteiger partial charge >= 0.3 is 0 Å². The van der Waals surface area contributed by atoms with Crippen molar-refractivity contribution in [2.45, 2.75) is 33.4 Å². The van der Waals surface area contributed by atoms with E-state index < -0.39 is 11.0 Å².